The molecule has 0 aliphatic rings. The van der Waals surface area contributed by atoms with Crippen molar-refractivity contribution < 1.29 is 14.7 Å². The van der Waals surface area contributed by atoms with Gasteiger partial charge in [-0.25, -0.2) is 4.79 Å². The van der Waals surface area contributed by atoms with Crippen LogP contribution < -0.4 is 16.6 Å². The summed E-state index contributed by atoms with van der Waals surface area (Å²) in [6, 6.07) is 0. The Bertz CT molecular complexity index is 604. The zero-order chi connectivity index (χ0) is 15.8. The van der Waals surface area contributed by atoms with Crippen LogP contribution in [0.2, 0.25) is 0 Å². The summed E-state index contributed by atoms with van der Waals surface area (Å²) in [5.74, 6) is -1.20. The van der Waals surface area contributed by atoms with Crippen molar-refractivity contribution in [1.82, 2.24) is 15.3 Å². The Kier molecular flexibility index (Phi) is 6.38. The molecule has 0 aromatic carbocycles. The smallest absolute Gasteiger partial charge is 0.325 e. The summed E-state index contributed by atoms with van der Waals surface area (Å²) in [7, 11) is 0. The molecule has 0 fully saturated rings. The molecule has 8 nitrogen and oxygen atoms in total. The van der Waals surface area contributed by atoms with Crippen molar-refractivity contribution in [1.29, 1.82) is 0 Å². The molecule has 0 aliphatic carbocycles. The molecular formula is C13H19N3O5. The molecule has 0 bridgehead atoms. The fourth-order valence-electron chi connectivity index (χ4n) is 1.94. The third kappa shape index (κ3) is 5.64. The van der Waals surface area contributed by atoms with Crippen LogP contribution in [0.1, 0.15) is 43.0 Å². The first-order chi connectivity index (χ1) is 9.93. The van der Waals surface area contributed by atoms with Gasteiger partial charge in [0.1, 0.15) is 5.56 Å². The van der Waals surface area contributed by atoms with Gasteiger partial charge in [0.05, 0.1) is 0 Å². The maximum atomic E-state index is 11.8. The lowest BCUT2D eigenvalue weighted by molar-refractivity contribution is -0.137. The van der Waals surface area contributed by atoms with Gasteiger partial charge in [0.2, 0.25) is 0 Å². The second kappa shape index (κ2) is 8.03. The average Bonchev–Trinajstić information content (AvgIpc) is 2.42. The van der Waals surface area contributed by atoms with Crippen molar-refractivity contribution in [2.24, 2.45) is 5.92 Å². The molecule has 1 rings (SSSR count). The van der Waals surface area contributed by atoms with Crippen molar-refractivity contribution in [3.63, 3.8) is 0 Å². The Hall–Kier alpha value is -2.38. The largest absolute Gasteiger partial charge is 0.481 e. The Balaban J connectivity index is 2.47. The molecule has 0 saturated heterocycles. The Morgan fingerprint density at radius 3 is 2.62 bits per heavy atom. The van der Waals surface area contributed by atoms with Crippen LogP contribution in [0.3, 0.4) is 0 Å². The van der Waals surface area contributed by atoms with E-state index in [9.17, 15) is 19.2 Å². The van der Waals surface area contributed by atoms with Gasteiger partial charge >= 0.3 is 11.7 Å². The summed E-state index contributed by atoms with van der Waals surface area (Å²) >= 11 is 0. The van der Waals surface area contributed by atoms with E-state index in [0.717, 1.165) is 12.6 Å². The molecule has 1 heterocycles. The van der Waals surface area contributed by atoms with Crippen LogP contribution >= 0.6 is 0 Å². The van der Waals surface area contributed by atoms with Gasteiger partial charge in [-0.3, -0.25) is 19.4 Å². The van der Waals surface area contributed by atoms with E-state index in [1.165, 1.54) is 0 Å². The number of aromatic amines is 2. The standard InChI is InChI=1S/C13H19N3O5/c1-2-8(3-4-10(17)18)5-6-14-11(19)9-7-15-13(21)16-12(9)20/h7-8H,2-6H2,1H3,(H,14,19)(H,17,18)(H2,15,16,20,21). The number of nitrogens with one attached hydrogen (secondary N) is 3. The molecule has 0 radical (unpaired) electrons. The number of carboxylic acids is 1. The highest BCUT2D eigenvalue weighted by Crippen LogP contribution is 2.14. The number of amides is 1. The highest BCUT2D eigenvalue weighted by molar-refractivity contribution is 5.93. The van der Waals surface area contributed by atoms with Gasteiger partial charge in [0, 0.05) is 19.2 Å². The summed E-state index contributed by atoms with van der Waals surface area (Å²) in [6.07, 6.45) is 3.18. The molecule has 1 aromatic heterocycles. The van der Waals surface area contributed by atoms with E-state index in [1.807, 2.05) is 11.9 Å². The molecule has 0 saturated carbocycles. The van der Waals surface area contributed by atoms with Crippen molar-refractivity contribution in [3.8, 4) is 0 Å². The number of H-pyrrole nitrogens is 2. The Labute approximate surface area is 120 Å². The maximum absolute atomic E-state index is 11.8. The molecule has 21 heavy (non-hydrogen) atoms. The monoisotopic (exact) mass is 297 g/mol. The second-order valence-corrected chi connectivity index (χ2v) is 4.74. The highest BCUT2D eigenvalue weighted by Gasteiger charge is 2.12. The number of aromatic nitrogens is 2. The minimum atomic E-state index is -0.836. The second-order valence-electron chi connectivity index (χ2n) is 4.74. The van der Waals surface area contributed by atoms with Crippen LogP contribution in [0.25, 0.3) is 0 Å². The number of hydrogen-bond donors (Lipinski definition) is 4. The molecule has 1 unspecified atom stereocenters. The molecule has 0 aliphatic heterocycles. The summed E-state index contributed by atoms with van der Waals surface area (Å²) in [5.41, 5.74) is -1.57. The van der Waals surface area contributed by atoms with E-state index >= 15 is 0 Å². The fraction of sp³-hybridized carbons (Fsp3) is 0.538. The van der Waals surface area contributed by atoms with E-state index in [4.69, 9.17) is 5.11 Å². The van der Waals surface area contributed by atoms with Crippen LogP contribution in [-0.4, -0.2) is 33.5 Å². The first-order valence-corrected chi connectivity index (χ1v) is 6.76. The summed E-state index contributed by atoms with van der Waals surface area (Å²) in [4.78, 5) is 48.7. The number of carbonyl (C=O) groups is 2. The van der Waals surface area contributed by atoms with E-state index in [-0.39, 0.29) is 17.9 Å². The Morgan fingerprint density at radius 2 is 2.05 bits per heavy atom. The van der Waals surface area contributed by atoms with Gasteiger partial charge in [-0.1, -0.05) is 13.3 Å². The van der Waals surface area contributed by atoms with E-state index in [2.05, 4.69) is 10.3 Å². The van der Waals surface area contributed by atoms with Gasteiger partial charge < -0.3 is 15.4 Å². The molecular weight excluding hydrogens is 278 g/mol. The van der Waals surface area contributed by atoms with Crippen molar-refractivity contribution in [3.05, 3.63) is 32.6 Å². The van der Waals surface area contributed by atoms with Gasteiger partial charge in [0.15, 0.2) is 0 Å². The lowest BCUT2D eigenvalue weighted by Crippen LogP contribution is -2.34. The normalized spacial score (nSPS) is 11.9. The van der Waals surface area contributed by atoms with Crippen LogP contribution in [0.15, 0.2) is 15.8 Å². The first-order valence-electron chi connectivity index (χ1n) is 6.76. The summed E-state index contributed by atoms with van der Waals surface area (Å²) in [5, 5.41) is 11.2. The predicted octanol–water partition coefficient (Wildman–Crippen LogP) is 0.0741. The zero-order valence-electron chi connectivity index (χ0n) is 11.8. The van der Waals surface area contributed by atoms with Gasteiger partial charge in [-0.05, 0) is 18.8 Å². The topological polar surface area (TPSA) is 132 Å². The van der Waals surface area contributed by atoms with Crippen molar-refractivity contribution in [2.75, 3.05) is 6.54 Å². The molecule has 8 heteroatoms. The number of rotatable bonds is 8. The minimum Gasteiger partial charge on any atom is -0.481 e. The predicted molar refractivity (Wildman–Crippen MR) is 75.3 cm³/mol. The highest BCUT2D eigenvalue weighted by atomic mass is 16.4. The minimum absolute atomic E-state index is 0.103. The lowest BCUT2D eigenvalue weighted by Gasteiger charge is -2.13. The maximum Gasteiger partial charge on any atom is 0.325 e. The summed E-state index contributed by atoms with van der Waals surface area (Å²) < 4.78 is 0. The number of hydrogen-bond acceptors (Lipinski definition) is 4. The number of carbonyl (C=O) groups excluding carboxylic acids is 1. The van der Waals surface area contributed by atoms with Gasteiger partial charge in [0.25, 0.3) is 11.5 Å². The van der Waals surface area contributed by atoms with Crippen molar-refractivity contribution >= 4 is 11.9 Å². The lowest BCUT2D eigenvalue weighted by atomic mass is 9.96. The van der Waals surface area contributed by atoms with Crippen LogP contribution in [-0.2, 0) is 4.79 Å². The molecule has 1 amide bonds. The van der Waals surface area contributed by atoms with Crippen LogP contribution in [0.5, 0.6) is 0 Å². The molecule has 116 valence electrons. The third-order valence-electron chi connectivity index (χ3n) is 3.25. The first kappa shape index (κ1) is 16.7. The number of carboxylic acid groups (broad SMARTS) is 1. The quantitative estimate of drug-likeness (QED) is 0.539. The zero-order valence-corrected chi connectivity index (χ0v) is 11.8. The molecule has 1 atom stereocenters. The SMILES string of the molecule is CCC(CCNC(=O)c1c[nH]c(=O)[nH]c1=O)CCC(=O)O. The van der Waals surface area contributed by atoms with Crippen molar-refractivity contribution in [2.45, 2.75) is 32.6 Å². The Morgan fingerprint density at radius 1 is 1.33 bits per heavy atom. The molecule has 0 spiro atoms. The summed E-state index contributed by atoms with van der Waals surface area (Å²) in [6.45, 7) is 2.30. The molecule has 1 aromatic rings. The number of aliphatic carboxylic acids is 1. The van der Waals surface area contributed by atoms with E-state index in [0.29, 0.717) is 19.4 Å². The van der Waals surface area contributed by atoms with Crippen LogP contribution in [0, 0.1) is 5.92 Å². The average molecular weight is 297 g/mol. The third-order valence-corrected chi connectivity index (χ3v) is 3.25. The van der Waals surface area contributed by atoms with E-state index in [1.54, 1.807) is 0 Å². The van der Waals surface area contributed by atoms with E-state index < -0.39 is 23.1 Å². The van der Waals surface area contributed by atoms with Gasteiger partial charge in [-0.15, -0.1) is 0 Å². The fourth-order valence-corrected chi connectivity index (χ4v) is 1.94. The molecule has 4 N–H and O–H groups in total. The van der Waals surface area contributed by atoms with Gasteiger partial charge in [-0.2, -0.15) is 0 Å². The van der Waals surface area contributed by atoms with Crippen LogP contribution in [0.4, 0.5) is 0 Å².